The number of quaternary nitrogens is 1. The Kier molecular flexibility index (Phi) is 34.8. The summed E-state index contributed by atoms with van der Waals surface area (Å²) in [7, 11) is 5.40. The van der Waals surface area contributed by atoms with Crippen molar-refractivity contribution in [2.24, 2.45) is 0 Å². The van der Waals surface area contributed by atoms with Gasteiger partial charge in [-0.3, -0.25) is 9.59 Å². The summed E-state index contributed by atoms with van der Waals surface area (Å²) in [5.41, 5.74) is 0. The Balaban J connectivity index is 4.38. The lowest BCUT2D eigenvalue weighted by molar-refractivity contribution is -0.889. The first kappa shape index (κ1) is 50.5. The van der Waals surface area contributed by atoms with Crippen molar-refractivity contribution >= 4 is 17.9 Å². The van der Waals surface area contributed by atoms with Crippen LogP contribution in [0.25, 0.3) is 0 Å². The maximum absolute atomic E-state index is 12.7. The molecule has 8 nitrogen and oxygen atoms in total. The molecule has 2 atom stereocenters. The van der Waals surface area contributed by atoms with Crippen LogP contribution >= 0.6 is 0 Å². The van der Waals surface area contributed by atoms with Crippen LogP contribution in [0.15, 0.2) is 36.5 Å². The van der Waals surface area contributed by atoms with Crippen LogP contribution in [0, 0.1) is 0 Å². The highest BCUT2D eigenvalue weighted by atomic mass is 16.6. The normalized spacial score (nSPS) is 13.3. The first-order valence-electron chi connectivity index (χ1n) is 21.5. The molecule has 0 rings (SSSR count). The minimum absolute atomic E-state index is 0.0357. The first-order valence-corrected chi connectivity index (χ1v) is 21.5. The van der Waals surface area contributed by atoms with Gasteiger partial charge in [0, 0.05) is 19.3 Å². The predicted octanol–water partition coefficient (Wildman–Crippen LogP) is 10.1. The Morgan fingerprint density at radius 2 is 1.06 bits per heavy atom. The summed E-state index contributed by atoms with van der Waals surface area (Å²) in [5.74, 6) is -1.76. The molecule has 8 heteroatoms. The molecule has 0 heterocycles. The standard InChI is InChI=1S/C45H81NO7/c1-6-8-10-12-14-16-18-20-22-24-26-28-30-32-34-36-44(48)53-41(39-51-38-37-42(45(49)50)46(3,4)5)40-52-43(47)35-33-31-29-27-25-23-21-19-17-15-13-11-9-7-2/h9,11,15,17,21,23,41-42H,6-8,10,12-14,16,18-20,22,24-40H2,1-5H3/b11-9+,17-15+,23-21+. The number of nitrogens with zero attached hydrogens (tertiary/aromatic N) is 1. The number of likely N-dealkylation sites (N-methyl/N-ethyl adjacent to an activating group) is 1. The Labute approximate surface area is 325 Å². The lowest BCUT2D eigenvalue weighted by Gasteiger charge is -2.34. The summed E-state index contributed by atoms with van der Waals surface area (Å²) in [6.07, 6.45) is 40.2. The van der Waals surface area contributed by atoms with Gasteiger partial charge < -0.3 is 28.6 Å². The van der Waals surface area contributed by atoms with E-state index in [1.54, 1.807) is 21.1 Å². The van der Waals surface area contributed by atoms with E-state index in [1.165, 1.54) is 77.0 Å². The highest BCUT2D eigenvalue weighted by Crippen LogP contribution is 2.15. The molecule has 0 radical (unpaired) electrons. The van der Waals surface area contributed by atoms with E-state index >= 15 is 0 Å². The van der Waals surface area contributed by atoms with E-state index in [0.717, 1.165) is 70.6 Å². The molecule has 53 heavy (non-hydrogen) atoms. The molecule has 2 unspecified atom stereocenters. The van der Waals surface area contributed by atoms with Gasteiger partial charge in [0.05, 0.1) is 40.3 Å². The Morgan fingerprint density at radius 1 is 0.585 bits per heavy atom. The number of esters is 2. The molecule has 0 spiro atoms. The second kappa shape index (κ2) is 36.5. The molecular formula is C45H81NO7. The van der Waals surface area contributed by atoms with Crippen molar-refractivity contribution in [1.82, 2.24) is 0 Å². The van der Waals surface area contributed by atoms with Crippen LogP contribution < -0.4 is 5.11 Å². The molecule has 0 aliphatic carbocycles. The maximum Gasteiger partial charge on any atom is 0.306 e. The van der Waals surface area contributed by atoms with Crippen molar-refractivity contribution in [1.29, 1.82) is 0 Å². The van der Waals surface area contributed by atoms with E-state index in [2.05, 4.69) is 50.3 Å². The zero-order valence-electron chi connectivity index (χ0n) is 34.9. The summed E-state index contributed by atoms with van der Waals surface area (Å²) in [4.78, 5) is 36.8. The fourth-order valence-corrected chi connectivity index (χ4v) is 6.20. The van der Waals surface area contributed by atoms with Crippen LogP contribution in [-0.2, 0) is 28.6 Å². The third-order valence-electron chi connectivity index (χ3n) is 9.54. The van der Waals surface area contributed by atoms with E-state index in [0.29, 0.717) is 12.8 Å². The average molecular weight is 748 g/mol. The molecule has 0 bridgehead atoms. The van der Waals surface area contributed by atoms with Crippen molar-refractivity contribution < 1.29 is 38.2 Å². The predicted molar refractivity (Wildman–Crippen MR) is 217 cm³/mol. The van der Waals surface area contributed by atoms with Gasteiger partial charge in [0.2, 0.25) is 0 Å². The van der Waals surface area contributed by atoms with Gasteiger partial charge in [-0.2, -0.15) is 0 Å². The van der Waals surface area contributed by atoms with E-state index in [-0.39, 0.29) is 42.7 Å². The number of carbonyl (C=O) groups is 3. The molecule has 0 amide bonds. The fourth-order valence-electron chi connectivity index (χ4n) is 6.20. The van der Waals surface area contributed by atoms with Crippen LogP contribution in [0.5, 0.6) is 0 Å². The number of ether oxygens (including phenoxy) is 3. The molecule has 0 N–H and O–H groups in total. The van der Waals surface area contributed by atoms with Gasteiger partial charge in [0.25, 0.3) is 0 Å². The summed E-state index contributed by atoms with van der Waals surface area (Å²) in [6, 6.07) is -0.727. The first-order chi connectivity index (χ1) is 25.6. The third-order valence-corrected chi connectivity index (χ3v) is 9.54. The van der Waals surface area contributed by atoms with E-state index in [4.69, 9.17) is 14.2 Å². The third kappa shape index (κ3) is 35.0. The van der Waals surface area contributed by atoms with Crippen LogP contribution in [0.1, 0.15) is 181 Å². The lowest BCUT2D eigenvalue weighted by Crippen LogP contribution is -2.55. The highest BCUT2D eigenvalue weighted by Gasteiger charge is 2.25. The van der Waals surface area contributed by atoms with Crippen LogP contribution in [0.4, 0.5) is 0 Å². The second-order valence-corrected chi connectivity index (χ2v) is 15.6. The number of carboxylic acids is 1. The van der Waals surface area contributed by atoms with Gasteiger partial charge in [-0.15, -0.1) is 0 Å². The molecular weight excluding hydrogens is 666 g/mol. The van der Waals surface area contributed by atoms with Crippen LogP contribution in [0.2, 0.25) is 0 Å². The number of carbonyl (C=O) groups excluding carboxylic acids is 3. The van der Waals surface area contributed by atoms with E-state index in [1.807, 2.05) is 0 Å². The Bertz CT molecular complexity index is 968. The topological polar surface area (TPSA) is 102 Å². The summed E-state index contributed by atoms with van der Waals surface area (Å²) in [5, 5.41) is 11.6. The molecule has 0 aromatic carbocycles. The zero-order valence-corrected chi connectivity index (χ0v) is 34.9. The molecule has 308 valence electrons. The molecule has 0 aromatic heterocycles. The van der Waals surface area contributed by atoms with Gasteiger partial charge in [-0.05, 0) is 44.9 Å². The van der Waals surface area contributed by atoms with Gasteiger partial charge >= 0.3 is 11.9 Å². The monoisotopic (exact) mass is 748 g/mol. The number of allylic oxidation sites excluding steroid dienone is 6. The Morgan fingerprint density at radius 3 is 1.57 bits per heavy atom. The number of unbranched alkanes of at least 4 members (excludes halogenated alkanes) is 18. The van der Waals surface area contributed by atoms with Crippen molar-refractivity contribution in [3.63, 3.8) is 0 Å². The number of carboxylic acid groups (broad SMARTS) is 1. The minimum Gasteiger partial charge on any atom is -0.544 e. The van der Waals surface area contributed by atoms with Crippen LogP contribution in [-0.4, -0.2) is 75.5 Å². The van der Waals surface area contributed by atoms with Gasteiger partial charge in [-0.25, -0.2) is 0 Å². The van der Waals surface area contributed by atoms with E-state index in [9.17, 15) is 19.5 Å². The Hall–Kier alpha value is -2.45. The smallest absolute Gasteiger partial charge is 0.306 e. The summed E-state index contributed by atoms with van der Waals surface area (Å²) >= 11 is 0. The van der Waals surface area contributed by atoms with Gasteiger partial charge in [0.1, 0.15) is 12.6 Å². The second-order valence-electron chi connectivity index (χ2n) is 15.6. The van der Waals surface area contributed by atoms with Crippen molar-refractivity contribution in [2.75, 3.05) is 41.0 Å². The van der Waals surface area contributed by atoms with Gasteiger partial charge in [0.15, 0.2) is 6.10 Å². The molecule has 0 fully saturated rings. The molecule has 0 aromatic rings. The molecule has 0 saturated heterocycles. The van der Waals surface area contributed by atoms with Crippen molar-refractivity contribution in [3.8, 4) is 0 Å². The molecule has 0 saturated carbocycles. The lowest BCUT2D eigenvalue weighted by atomic mass is 10.0. The van der Waals surface area contributed by atoms with Crippen molar-refractivity contribution in [3.05, 3.63) is 36.5 Å². The average Bonchev–Trinajstić information content (AvgIpc) is 3.11. The number of hydrogen-bond acceptors (Lipinski definition) is 7. The quantitative estimate of drug-likeness (QED) is 0.0268. The largest absolute Gasteiger partial charge is 0.544 e. The van der Waals surface area contributed by atoms with E-state index < -0.39 is 18.1 Å². The highest BCUT2D eigenvalue weighted by molar-refractivity contribution is 5.70. The number of aliphatic carboxylic acids is 1. The summed E-state index contributed by atoms with van der Waals surface area (Å²) in [6.45, 7) is 4.53. The fraction of sp³-hybridized carbons (Fsp3) is 0.800. The van der Waals surface area contributed by atoms with Crippen LogP contribution in [0.3, 0.4) is 0 Å². The minimum atomic E-state index is -1.13. The molecule has 0 aliphatic rings. The maximum atomic E-state index is 12.7. The van der Waals surface area contributed by atoms with Gasteiger partial charge in [-0.1, -0.05) is 153 Å². The summed E-state index contributed by atoms with van der Waals surface area (Å²) < 4.78 is 17.1. The molecule has 0 aliphatic heterocycles. The number of hydrogen-bond donors (Lipinski definition) is 0. The zero-order chi connectivity index (χ0) is 39.3. The van der Waals surface area contributed by atoms with Crippen molar-refractivity contribution in [2.45, 2.75) is 193 Å². The number of rotatable bonds is 38. The SMILES string of the molecule is CC/C=C/C/C=C/C/C=C/CCCCCCC(=O)OCC(COCCC(C(=O)[O-])[N+](C)(C)C)OC(=O)CCCCCCCCCCCCCCCCC.